The highest BCUT2D eigenvalue weighted by Crippen LogP contribution is 2.23. The maximum atomic E-state index is 11.3. The van der Waals surface area contributed by atoms with E-state index < -0.39 is 11.8 Å². The number of carbonyl (C=O) groups excluding carboxylic acids is 2. The van der Waals surface area contributed by atoms with Gasteiger partial charge in [-0.3, -0.25) is 9.59 Å². The van der Waals surface area contributed by atoms with Crippen LogP contribution >= 0.6 is 0 Å². The first-order valence-electron chi connectivity index (χ1n) is 5.11. The lowest BCUT2D eigenvalue weighted by Crippen LogP contribution is -2.16. The maximum absolute atomic E-state index is 11.3. The number of fused-ring (bicyclic) bond motifs is 1. The Kier molecular flexibility index (Phi) is 2.82. The van der Waals surface area contributed by atoms with Crippen LogP contribution < -0.4 is 11.5 Å². The molecule has 1 radical (unpaired) electrons. The molecule has 0 aliphatic rings. The van der Waals surface area contributed by atoms with Crippen LogP contribution in [0.1, 0.15) is 16.1 Å². The lowest BCUT2D eigenvalue weighted by Gasteiger charge is -1.99. The minimum absolute atomic E-state index is 0.289. The number of hydrogen-bond acceptors (Lipinski definition) is 2. The van der Waals surface area contributed by atoms with Gasteiger partial charge in [0.05, 0.1) is 6.42 Å². The third-order valence-corrected chi connectivity index (χ3v) is 2.57. The van der Waals surface area contributed by atoms with Crippen LogP contribution in [0.3, 0.4) is 0 Å². The zero-order valence-corrected chi connectivity index (χ0v) is 9.07. The van der Waals surface area contributed by atoms with Gasteiger partial charge in [-0.15, -0.1) is 0 Å². The van der Waals surface area contributed by atoms with Crippen LogP contribution in [0.5, 0.6) is 0 Å². The molecule has 0 saturated carbocycles. The van der Waals surface area contributed by atoms with E-state index in [1.807, 2.05) is 24.3 Å². The van der Waals surface area contributed by atoms with E-state index in [1.54, 1.807) is 0 Å². The molecule has 2 rings (SSSR count). The molecule has 0 bridgehead atoms. The maximum Gasteiger partial charge on any atom is 0.265 e. The average molecular weight is 230 g/mol. The molecule has 1 heterocycles. The Labute approximate surface area is 97.8 Å². The number of para-hydroxylation sites is 1. The molecule has 0 atom stereocenters. The molecule has 5 nitrogen and oxygen atoms in total. The van der Waals surface area contributed by atoms with E-state index in [9.17, 15) is 9.59 Å². The fourth-order valence-electron chi connectivity index (χ4n) is 1.83. The molecule has 87 valence electrons. The molecule has 1 aromatic heterocycles. The van der Waals surface area contributed by atoms with Crippen molar-refractivity contribution in [2.45, 2.75) is 6.42 Å². The number of amides is 2. The first-order valence-corrected chi connectivity index (χ1v) is 5.11. The summed E-state index contributed by atoms with van der Waals surface area (Å²) >= 11 is 0. The van der Waals surface area contributed by atoms with Crippen LogP contribution in [0, 0.1) is 6.42 Å². The molecule has 0 spiro atoms. The monoisotopic (exact) mass is 230 g/mol. The normalized spacial score (nSPS) is 10.6. The molecule has 0 saturated heterocycles. The SMILES string of the molecule is NC(=O)[CH]Cc1c(C(N)=O)[nH]c2ccccc12. The van der Waals surface area contributed by atoms with Gasteiger partial charge in [0, 0.05) is 10.9 Å². The van der Waals surface area contributed by atoms with Gasteiger partial charge in [0.1, 0.15) is 5.69 Å². The number of rotatable bonds is 4. The molecular formula is C12H12N3O2. The number of primary amides is 2. The minimum Gasteiger partial charge on any atom is -0.369 e. The third-order valence-electron chi connectivity index (χ3n) is 2.57. The Hall–Kier alpha value is -2.30. The zero-order chi connectivity index (χ0) is 12.4. The predicted octanol–water partition coefficient (Wildman–Crippen LogP) is 0.499. The summed E-state index contributed by atoms with van der Waals surface area (Å²) in [4.78, 5) is 25.0. The van der Waals surface area contributed by atoms with E-state index in [4.69, 9.17) is 11.5 Å². The van der Waals surface area contributed by atoms with E-state index in [0.29, 0.717) is 11.3 Å². The van der Waals surface area contributed by atoms with Crippen LogP contribution in [0.25, 0.3) is 10.9 Å². The molecule has 2 aromatic rings. The molecule has 5 N–H and O–H groups in total. The fourth-order valence-corrected chi connectivity index (χ4v) is 1.83. The molecule has 0 unspecified atom stereocenters. The second kappa shape index (κ2) is 4.29. The van der Waals surface area contributed by atoms with Crippen molar-refractivity contribution >= 4 is 22.7 Å². The number of hydrogen-bond donors (Lipinski definition) is 3. The highest BCUT2D eigenvalue weighted by Gasteiger charge is 2.15. The van der Waals surface area contributed by atoms with Gasteiger partial charge in [0.25, 0.3) is 5.91 Å². The predicted molar refractivity (Wildman–Crippen MR) is 64.0 cm³/mol. The second-order valence-corrected chi connectivity index (χ2v) is 3.70. The molecule has 2 amide bonds. The molecular weight excluding hydrogens is 218 g/mol. The van der Waals surface area contributed by atoms with Gasteiger partial charge in [-0.05, 0) is 18.1 Å². The number of nitrogens with one attached hydrogen (secondary N) is 1. The molecule has 0 aliphatic heterocycles. The number of aromatic amines is 1. The number of aromatic nitrogens is 1. The van der Waals surface area contributed by atoms with Gasteiger partial charge in [-0.1, -0.05) is 18.2 Å². The van der Waals surface area contributed by atoms with Gasteiger partial charge in [0.15, 0.2) is 0 Å². The van der Waals surface area contributed by atoms with Gasteiger partial charge in [-0.2, -0.15) is 0 Å². The zero-order valence-electron chi connectivity index (χ0n) is 9.07. The molecule has 1 aromatic carbocycles. The topological polar surface area (TPSA) is 102 Å². The van der Waals surface area contributed by atoms with Crippen LogP contribution in [-0.4, -0.2) is 16.8 Å². The highest BCUT2D eigenvalue weighted by atomic mass is 16.1. The first-order chi connectivity index (χ1) is 8.09. The summed E-state index contributed by atoms with van der Waals surface area (Å²) in [5, 5.41) is 0.874. The van der Waals surface area contributed by atoms with Crippen molar-refractivity contribution in [3.8, 4) is 0 Å². The van der Waals surface area contributed by atoms with E-state index in [1.165, 1.54) is 6.42 Å². The van der Waals surface area contributed by atoms with Crippen molar-refractivity contribution < 1.29 is 9.59 Å². The van der Waals surface area contributed by atoms with Crippen molar-refractivity contribution in [1.82, 2.24) is 4.98 Å². The van der Waals surface area contributed by atoms with Crippen LogP contribution in [0.15, 0.2) is 24.3 Å². The van der Waals surface area contributed by atoms with E-state index >= 15 is 0 Å². The highest BCUT2D eigenvalue weighted by molar-refractivity contribution is 6.00. The standard InChI is InChI=1S/C12H12N3O2/c13-10(16)6-5-8-7-3-1-2-4-9(7)15-11(8)12(14)17/h1-4,6,15H,5H2,(H2,13,16)(H2,14,17). The Morgan fingerprint density at radius 1 is 1.24 bits per heavy atom. The van der Waals surface area contributed by atoms with Crippen LogP contribution in [0.2, 0.25) is 0 Å². The number of benzene rings is 1. The fraction of sp³-hybridized carbons (Fsp3) is 0.0833. The number of nitrogens with two attached hydrogens (primary N) is 2. The van der Waals surface area contributed by atoms with Gasteiger partial charge < -0.3 is 16.5 Å². The largest absolute Gasteiger partial charge is 0.369 e. The van der Waals surface area contributed by atoms with Crippen molar-refractivity contribution in [3.63, 3.8) is 0 Å². The summed E-state index contributed by atoms with van der Waals surface area (Å²) in [5.74, 6) is -1.07. The Morgan fingerprint density at radius 2 is 1.94 bits per heavy atom. The van der Waals surface area contributed by atoms with Crippen molar-refractivity contribution in [3.05, 3.63) is 41.9 Å². The van der Waals surface area contributed by atoms with Gasteiger partial charge in [-0.25, -0.2) is 0 Å². The summed E-state index contributed by atoms with van der Waals surface area (Å²) in [5.41, 5.74) is 12.2. The van der Waals surface area contributed by atoms with E-state index in [0.717, 1.165) is 10.9 Å². The lowest BCUT2D eigenvalue weighted by atomic mass is 10.0. The summed E-state index contributed by atoms with van der Waals surface area (Å²) in [6.45, 7) is 0. The van der Waals surface area contributed by atoms with E-state index in [2.05, 4.69) is 4.98 Å². The summed E-state index contributed by atoms with van der Waals surface area (Å²) in [7, 11) is 0. The van der Waals surface area contributed by atoms with Crippen LogP contribution in [0.4, 0.5) is 0 Å². The molecule has 5 heteroatoms. The van der Waals surface area contributed by atoms with E-state index in [-0.39, 0.29) is 6.42 Å². The first kappa shape index (κ1) is 11.2. The van der Waals surface area contributed by atoms with Crippen LogP contribution in [-0.2, 0) is 11.2 Å². The van der Waals surface area contributed by atoms with Crippen molar-refractivity contribution in [1.29, 1.82) is 0 Å². The molecule has 0 aliphatic carbocycles. The Morgan fingerprint density at radius 3 is 2.59 bits per heavy atom. The summed E-state index contributed by atoms with van der Waals surface area (Å²) < 4.78 is 0. The smallest absolute Gasteiger partial charge is 0.265 e. The quantitative estimate of drug-likeness (QED) is 0.712. The lowest BCUT2D eigenvalue weighted by molar-refractivity contribution is -0.115. The van der Waals surface area contributed by atoms with Gasteiger partial charge in [0.2, 0.25) is 5.91 Å². The van der Waals surface area contributed by atoms with Gasteiger partial charge >= 0.3 is 0 Å². The Bertz CT molecular complexity index is 586. The van der Waals surface area contributed by atoms with Crippen molar-refractivity contribution in [2.24, 2.45) is 11.5 Å². The Balaban J connectivity index is 2.51. The number of carbonyl (C=O) groups is 2. The number of H-pyrrole nitrogens is 1. The summed E-state index contributed by atoms with van der Waals surface area (Å²) in [6, 6.07) is 7.41. The second-order valence-electron chi connectivity index (χ2n) is 3.70. The van der Waals surface area contributed by atoms with Crippen molar-refractivity contribution in [2.75, 3.05) is 0 Å². The minimum atomic E-state index is -0.547. The molecule has 17 heavy (non-hydrogen) atoms. The average Bonchev–Trinajstić information content (AvgIpc) is 2.65. The molecule has 0 fully saturated rings. The summed E-state index contributed by atoms with van der Waals surface area (Å²) in [6.07, 6.45) is 1.61. The third kappa shape index (κ3) is 2.13.